The lowest BCUT2D eigenvalue weighted by atomic mass is 10.3. The summed E-state index contributed by atoms with van der Waals surface area (Å²) >= 11 is 10.9. The van der Waals surface area contributed by atoms with Crippen LogP contribution in [0.1, 0.15) is 32.1 Å². The van der Waals surface area contributed by atoms with Gasteiger partial charge in [-0.15, -0.1) is 23.2 Å². The lowest BCUT2D eigenvalue weighted by molar-refractivity contribution is -0.146. The van der Waals surface area contributed by atoms with Crippen molar-refractivity contribution in [2.24, 2.45) is 0 Å². The number of rotatable bonds is 10. The molecule has 4 nitrogen and oxygen atoms in total. The van der Waals surface area contributed by atoms with Gasteiger partial charge in [-0.1, -0.05) is 0 Å². The van der Waals surface area contributed by atoms with E-state index in [2.05, 4.69) is 0 Å². The third-order valence-electron chi connectivity index (χ3n) is 1.84. The van der Waals surface area contributed by atoms with Gasteiger partial charge >= 0.3 is 11.9 Å². The monoisotopic (exact) mass is 284 g/mol. The molecule has 0 aromatic heterocycles. The molecule has 0 radical (unpaired) electrons. The SMILES string of the molecule is O=C(CCCCl)OCCCOC(=O)CCCCl. The summed E-state index contributed by atoms with van der Waals surface area (Å²) in [6, 6.07) is 0. The summed E-state index contributed by atoms with van der Waals surface area (Å²) in [4.78, 5) is 22.1. The Balaban J connectivity index is 3.28. The van der Waals surface area contributed by atoms with Crippen LogP contribution in [0.4, 0.5) is 0 Å². The molecule has 6 heteroatoms. The van der Waals surface area contributed by atoms with Crippen molar-refractivity contribution in [2.45, 2.75) is 32.1 Å². The maximum Gasteiger partial charge on any atom is 0.305 e. The maximum atomic E-state index is 11.0. The lowest BCUT2D eigenvalue weighted by Gasteiger charge is -2.05. The zero-order valence-electron chi connectivity index (χ0n) is 9.75. The standard InChI is InChI=1S/C11H18Cl2O4/c12-6-1-4-10(14)16-8-3-9-17-11(15)5-2-7-13/h1-9H2. The van der Waals surface area contributed by atoms with E-state index in [0.717, 1.165) is 0 Å². The Kier molecular flexibility index (Phi) is 11.7. The highest BCUT2D eigenvalue weighted by molar-refractivity contribution is 6.18. The van der Waals surface area contributed by atoms with Gasteiger partial charge in [-0.3, -0.25) is 9.59 Å². The highest BCUT2D eigenvalue weighted by Crippen LogP contribution is 1.98. The van der Waals surface area contributed by atoms with Crippen molar-refractivity contribution in [2.75, 3.05) is 25.0 Å². The average molecular weight is 285 g/mol. The van der Waals surface area contributed by atoms with E-state index < -0.39 is 0 Å². The first-order valence-electron chi connectivity index (χ1n) is 5.64. The summed E-state index contributed by atoms with van der Waals surface area (Å²) in [6.45, 7) is 0.536. The molecule has 17 heavy (non-hydrogen) atoms. The summed E-state index contributed by atoms with van der Waals surface area (Å²) in [6.07, 6.45) is 2.42. The molecule has 0 unspecified atom stereocenters. The van der Waals surface area contributed by atoms with E-state index >= 15 is 0 Å². The van der Waals surface area contributed by atoms with Gasteiger partial charge in [0.25, 0.3) is 0 Å². The van der Waals surface area contributed by atoms with Gasteiger partial charge in [0.05, 0.1) is 13.2 Å². The fourth-order valence-corrected chi connectivity index (χ4v) is 1.26. The highest BCUT2D eigenvalue weighted by atomic mass is 35.5. The number of hydrogen-bond acceptors (Lipinski definition) is 4. The van der Waals surface area contributed by atoms with Crippen LogP contribution in [0.25, 0.3) is 0 Å². The highest BCUT2D eigenvalue weighted by Gasteiger charge is 2.03. The Morgan fingerprint density at radius 2 is 1.18 bits per heavy atom. The van der Waals surface area contributed by atoms with Crippen molar-refractivity contribution in [3.63, 3.8) is 0 Å². The predicted molar refractivity (Wildman–Crippen MR) is 66.4 cm³/mol. The fourth-order valence-electron chi connectivity index (χ4n) is 0.998. The summed E-state index contributed by atoms with van der Waals surface area (Å²) in [5.74, 6) is 0.374. The van der Waals surface area contributed by atoms with Crippen molar-refractivity contribution in [1.82, 2.24) is 0 Å². The summed E-state index contributed by atoms with van der Waals surface area (Å²) in [5, 5.41) is 0. The minimum absolute atomic E-state index is 0.265. The van der Waals surface area contributed by atoms with Crippen LogP contribution in [-0.2, 0) is 19.1 Å². The topological polar surface area (TPSA) is 52.6 Å². The lowest BCUT2D eigenvalue weighted by Crippen LogP contribution is -2.10. The van der Waals surface area contributed by atoms with E-state index in [0.29, 0.717) is 43.9 Å². The Morgan fingerprint density at radius 1 is 0.765 bits per heavy atom. The molecule has 0 aromatic carbocycles. The Morgan fingerprint density at radius 3 is 1.53 bits per heavy atom. The van der Waals surface area contributed by atoms with Crippen LogP contribution in [0.15, 0.2) is 0 Å². The smallest absolute Gasteiger partial charge is 0.305 e. The predicted octanol–water partition coefficient (Wildman–Crippen LogP) is 2.50. The summed E-state index contributed by atoms with van der Waals surface area (Å²) in [5.41, 5.74) is 0. The van der Waals surface area contributed by atoms with E-state index in [1.807, 2.05) is 0 Å². The molecule has 0 aliphatic heterocycles. The zero-order chi connectivity index (χ0) is 12.9. The molecule has 0 aliphatic carbocycles. The number of ether oxygens (including phenoxy) is 2. The Hall–Kier alpha value is -0.480. The van der Waals surface area contributed by atoms with E-state index in [4.69, 9.17) is 32.7 Å². The van der Waals surface area contributed by atoms with Gasteiger partial charge in [-0.05, 0) is 12.8 Å². The van der Waals surface area contributed by atoms with Crippen LogP contribution >= 0.6 is 23.2 Å². The van der Waals surface area contributed by atoms with Crippen LogP contribution in [-0.4, -0.2) is 36.9 Å². The zero-order valence-corrected chi connectivity index (χ0v) is 11.3. The molecule has 0 N–H and O–H groups in total. The molecule has 0 atom stereocenters. The number of hydrogen-bond donors (Lipinski definition) is 0. The summed E-state index contributed by atoms with van der Waals surface area (Å²) < 4.78 is 9.79. The van der Waals surface area contributed by atoms with Gasteiger partial charge in [0.1, 0.15) is 0 Å². The average Bonchev–Trinajstić information content (AvgIpc) is 2.33. The van der Waals surface area contributed by atoms with E-state index in [1.54, 1.807) is 0 Å². The van der Waals surface area contributed by atoms with Gasteiger partial charge in [0.15, 0.2) is 0 Å². The number of carbonyl (C=O) groups is 2. The molecule has 0 aromatic rings. The molecular weight excluding hydrogens is 267 g/mol. The van der Waals surface area contributed by atoms with Crippen LogP contribution in [0.3, 0.4) is 0 Å². The van der Waals surface area contributed by atoms with Gasteiger partial charge in [-0.2, -0.15) is 0 Å². The van der Waals surface area contributed by atoms with Crippen molar-refractivity contribution in [3.05, 3.63) is 0 Å². The number of halogens is 2. The van der Waals surface area contributed by atoms with Gasteiger partial charge in [0, 0.05) is 31.0 Å². The molecule has 0 saturated heterocycles. The van der Waals surface area contributed by atoms with Crippen LogP contribution in [0, 0.1) is 0 Å². The number of esters is 2. The molecule has 0 saturated carbocycles. The van der Waals surface area contributed by atoms with E-state index in [9.17, 15) is 9.59 Å². The molecule has 0 aliphatic rings. The van der Waals surface area contributed by atoms with Crippen molar-refractivity contribution in [1.29, 1.82) is 0 Å². The third-order valence-corrected chi connectivity index (χ3v) is 2.38. The largest absolute Gasteiger partial charge is 0.466 e. The first kappa shape index (κ1) is 16.5. The minimum atomic E-state index is -0.265. The normalized spacial score (nSPS) is 10.0. The van der Waals surface area contributed by atoms with Crippen LogP contribution in [0.5, 0.6) is 0 Å². The second-order valence-corrected chi connectivity index (χ2v) is 4.14. The third kappa shape index (κ3) is 11.8. The van der Waals surface area contributed by atoms with Gasteiger partial charge in [0.2, 0.25) is 0 Å². The molecule has 0 amide bonds. The first-order valence-corrected chi connectivity index (χ1v) is 6.70. The second kappa shape index (κ2) is 12.0. The van der Waals surface area contributed by atoms with Crippen molar-refractivity contribution >= 4 is 35.1 Å². The first-order chi connectivity index (χ1) is 8.20. The molecule has 0 fully saturated rings. The maximum absolute atomic E-state index is 11.0. The molecule has 0 bridgehead atoms. The molecular formula is C11H18Cl2O4. The fraction of sp³-hybridized carbons (Fsp3) is 0.818. The van der Waals surface area contributed by atoms with Gasteiger partial charge < -0.3 is 9.47 Å². The molecule has 0 rings (SSSR count). The number of carbonyl (C=O) groups excluding carboxylic acids is 2. The molecule has 0 spiro atoms. The van der Waals surface area contributed by atoms with E-state index in [1.165, 1.54) is 0 Å². The van der Waals surface area contributed by atoms with Crippen molar-refractivity contribution in [3.8, 4) is 0 Å². The quantitative estimate of drug-likeness (QED) is 0.351. The molecule has 0 heterocycles. The van der Waals surface area contributed by atoms with Crippen LogP contribution < -0.4 is 0 Å². The van der Waals surface area contributed by atoms with Crippen LogP contribution in [0.2, 0.25) is 0 Å². The van der Waals surface area contributed by atoms with Crippen molar-refractivity contribution < 1.29 is 19.1 Å². The minimum Gasteiger partial charge on any atom is -0.466 e. The van der Waals surface area contributed by atoms with Gasteiger partial charge in [-0.25, -0.2) is 0 Å². The Bertz CT molecular complexity index is 200. The van der Waals surface area contributed by atoms with E-state index in [-0.39, 0.29) is 25.2 Å². The molecule has 100 valence electrons. The summed E-state index contributed by atoms with van der Waals surface area (Å²) in [7, 11) is 0. The number of alkyl halides is 2. The Labute approximate surface area is 112 Å². The second-order valence-electron chi connectivity index (χ2n) is 3.38.